The molecule has 3 aromatic rings. The van der Waals surface area contributed by atoms with E-state index in [1.165, 1.54) is 12.1 Å². The number of aromatic nitrogens is 1. The highest BCUT2D eigenvalue weighted by Crippen LogP contribution is 2.31. The number of fused-ring (bicyclic) bond motifs is 2. The molecule has 5 rings (SSSR count). The van der Waals surface area contributed by atoms with Crippen molar-refractivity contribution in [3.63, 3.8) is 0 Å². The van der Waals surface area contributed by atoms with E-state index in [2.05, 4.69) is 10.3 Å². The molecule has 0 saturated heterocycles. The van der Waals surface area contributed by atoms with E-state index in [-0.39, 0.29) is 23.8 Å². The average molecular weight is 435 g/mol. The Balaban J connectivity index is 1.47. The molecule has 0 radical (unpaired) electrons. The van der Waals surface area contributed by atoms with Crippen LogP contribution >= 0.6 is 0 Å². The third-order valence-electron chi connectivity index (χ3n) is 5.69. The predicted molar refractivity (Wildman–Crippen MR) is 116 cm³/mol. The monoisotopic (exact) mass is 435 g/mol. The first-order valence-electron chi connectivity index (χ1n) is 10.2. The summed E-state index contributed by atoms with van der Waals surface area (Å²) in [5.41, 5.74) is 1.67. The number of benzene rings is 2. The summed E-state index contributed by atoms with van der Waals surface area (Å²) in [5.74, 6) is -2.04. The molecule has 32 heavy (non-hydrogen) atoms. The average Bonchev–Trinajstić information content (AvgIpc) is 3.22. The zero-order valence-electron chi connectivity index (χ0n) is 17.1. The summed E-state index contributed by atoms with van der Waals surface area (Å²) >= 11 is 0. The predicted octanol–water partition coefficient (Wildman–Crippen LogP) is 4.24. The summed E-state index contributed by atoms with van der Waals surface area (Å²) in [6.07, 6.45) is 4.54. The van der Waals surface area contributed by atoms with E-state index in [1.807, 2.05) is 19.1 Å². The van der Waals surface area contributed by atoms with E-state index in [1.54, 1.807) is 30.3 Å². The molecule has 0 bridgehead atoms. The van der Waals surface area contributed by atoms with E-state index in [0.29, 0.717) is 27.9 Å². The normalized spacial score (nSPS) is 20.0. The first-order valence-corrected chi connectivity index (χ1v) is 10.2. The van der Waals surface area contributed by atoms with Crippen molar-refractivity contribution in [2.24, 2.45) is 5.92 Å². The molecule has 1 aliphatic heterocycles. The summed E-state index contributed by atoms with van der Waals surface area (Å²) in [6, 6.07) is 10.7. The number of carbonyl (C=O) groups is 1. The number of para-hydroxylation sites is 1. The minimum absolute atomic E-state index is 0.00507. The number of amides is 1. The summed E-state index contributed by atoms with van der Waals surface area (Å²) in [5, 5.41) is 16.2. The van der Waals surface area contributed by atoms with Crippen molar-refractivity contribution in [1.82, 2.24) is 10.3 Å². The Bertz CT molecular complexity index is 1340. The highest BCUT2D eigenvalue weighted by Gasteiger charge is 2.36. The van der Waals surface area contributed by atoms with E-state index < -0.39 is 23.7 Å². The van der Waals surface area contributed by atoms with Crippen LogP contribution in [0.25, 0.3) is 22.0 Å². The molecule has 0 fully saturated rings. The number of rotatable bonds is 3. The van der Waals surface area contributed by atoms with Gasteiger partial charge in [0.25, 0.3) is 12.1 Å². The van der Waals surface area contributed by atoms with Crippen molar-refractivity contribution >= 4 is 22.5 Å². The molecular weight excluding hydrogens is 416 g/mol. The lowest BCUT2D eigenvalue weighted by atomic mass is 9.98. The molecule has 0 saturated carbocycles. The SMILES string of the molecule is CC1C=CC=C2OCC(NC(=O)c3cc4cccc(-c5cccc(F)c5F)c4[nH]3)[N+]([O-])=C21. The zero-order valence-corrected chi connectivity index (χ0v) is 17.1. The molecule has 162 valence electrons. The number of halogens is 2. The number of carbonyl (C=O) groups excluding carboxylic acids is 1. The van der Waals surface area contributed by atoms with Gasteiger partial charge in [0.2, 0.25) is 5.71 Å². The Kier molecular flexibility index (Phi) is 4.77. The minimum atomic E-state index is -0.960. The Morgan fingerprint density at radius 1 is 1.22 bits per heavy atom. The van der Waals surface area contributed by atoms with Gasteiger partial charge in [-0.25, -0.2) is 8.78 Å². The summed E-state index contributed by atoms with van der Waals surface area (Å²) in [7, 11) is 0. The minimum Gasteiger partial charge on any atom is -0.622 e. The van der Waals surface area contributed by atoms with E-state index >= 15 is 0 Å². The molecule has 2 aliphatic rings. The van der Waals surface area contributed by atoms with Crippen LogP contribution in [0.2, 0.25) is 0 Å². The van der Waals surface area contributed by atoms with Gasteiger partial charge >= 0.3 is 0 Å². The van der Waals surface area contributed by atoms with Crippen molar-refractivity contribution in [2.75, 3.05) is 6.61 Å². The van der Waals surface area contributed by atoms with Crippen molar-refractivity contribution in [2.45, 2.75) is 13.1 Å². The fourth-order valence-electron chi connectivity index (χ4n) is 4.09. The number of hydrogen-bond acceptors (Lipinski definition) is 3. The Morgan fingerprint density at radius 3 is 2.84 bits per heavy atom. The van der Waals surface area contributed by atoms with Crippen LogP contribution in [0, 0.1) is 22.8 Å². The van der Waals surface area contributed by atoms with Gasteiger partial charge in [0, 0.05) is 16.5 Å². The highest BCUT2D eigenvalue weighted by atomic mass is 19.2. The molecule has 2 atom stereocenters. The number of ether oxygens (including phenoxy) is 1. The quantitative estimate of drug-likeness (QED) is 0.477. The van der Waals surface area contributed by atoms with Crippen molar-refractivity contribution in [3.8, 4) is 11.1 Å². The van der Waals surface area contributed by atoms with Gasteiger partial charge in [-0.05, 0) is 25.1 Å². The van der Waals surface area contributed by atoms with Crippen LogP contribution in [0.3, 0.4) is 0 Å². The maximum Gasteiger partial charge on any atom is 0.273 e. The first-order chi connectivity index (χ1) is 15.4. The van der Waals surface area contributed by atoms with Crippen LogP contribution in [0.15, 0.2) is 66.5 Å². The molecule has 1 aliphatic carbocycles. The van der Waals surface area contributed by atoms with Gasteiger partial charge in [0.05, 0.1) is 11.4 Å². The van der Waals surface area contributed by atoms with E-state index in [9.17, 15) is 18.8 Å². The van der Waals surface area contributed by atoms with Crippen LogP contribution in [-0.4, -0.2) is 34.1 Å². The molecule has 6 nitrogen and oxygen atoms in total. The van der Waals surface area contributed by atoms with Crippen molar-refractivity contribution in [3.05, 3.63) is 89.0 Å². The molecule has 2 N–H and O–H groups in total. The third kappa shape index (κ3) is 3.24. The van der Waals surface area contributed by atoms with Crippen LogP contribution < -0.4 is 5.32 Å². The fraction of sp³-hybridized carbons (Fsp3) is 0.167. The number of allylic oxidation sites excluding steroid dienone is 4. The topological polar surface area (TPSA) is 80.2 Å². The van der Waals surface area contributed by atoms with E-state index in [0.717, 1.165) is 10.8 Å². The number of nitrogens with one attached hydrogen (secondary N) is 2. The number of hydroxylamine groups is 1. The van der Waals surface area contributed by atoms with Crippen LogP contribution in [0.4, 0.5) is 8.78 Å². The second-order valence-corrected chi connectivity index (χ2v) is 7.77. The zero-order chi connectivity index (χ0) is 22.4. The van der Waals surface area contributed by atoms with Crippen molar-refractivity contribution < 1.29 is 23.1 Å². The van der Waals surface area contributed by atoms with E-state index in [4.69, 9.17) is 4.74 Å². The van der Waals surface area contributed by atoms with Crippen molar-refractivity contribution in [1.29, 1.82) is 0 Å². The number of H-pyrrole nitrogens is 1. The van der Waals surface area contributed by atoms with Gasteiger partial charge in [-0.1, -0.05) is 42.5 Å². The second kappa shape index (κ2) is 7.64. The molecule has 1 aromatic heterocycles. The fourth-order valence-corrected chi connectivity index (χ4v) is 4.09. The molecule has 2 heterocycles. The largest absolute Gasteiger partial charge is 0.622 e. The molecular formula is C24H19F2N3O3. The van der Waals surface area contributed by atoms with Crippen LogP contribution in [-0.2, 0) is 4.74 Å². The number of hydrogen-bond donors (Lipinski definition) is 2. The third-order valence-corrected chi connectivity index (χ3v) is 5.69. The smallest absolute Gasteiger partial charge is 0.273 e. The van der Waals surface area contributed by atoms with Gasteiger partial charge in [0.15, 0.2) is 24.0 Å². The van der Waals surface area contributed by atoms with Crippen LogP contribution in [0.5, 0.6) is 0 Å². The number of aromatic amines is 1. The molecule has 0 spiro atoms. The Hall–Kier alpha value is -3.94. The number of nitrogens with zero attached hydrogens (tertiary/aromatic N) is 1. The molecule has 2 unspecified atom stereocenters. The van der Waals surface area contributed by atoms with Gasteiger partial charge in [0.1, 0.15) is 5.69 Å². The standard InChI is InChI=1S/C24H19F2N3O3/c1-13-5-2-10-19-23(13)29(31)20(12-32-19)28-24(30)18-11-14-6-3-8-16(22(14)27-18)15-7-4-9-17(25)21(15)26/h2-11,13,20,27H,12H2,1H3,(H,28,30). The first kappa shape index (κ1) is 20.0. The van der Waals surface area contributed by atoms with Gasteiger partial charge < -0.3 is 14.9 Å². The molecule has 2 aromatic carbocycles. The Morgan fingerprint density at radius 2 is 2.00 bits per heavy atom. The second-order valence-electron chi connectivity index (χ2n) is 7.77. The van der Waals surface area contributed by atoms with Gasteiger partial charge in [-0.3, -0.25) is 10.1 Å². The summed E-state index contributed by atoms with van der Waals surface area (Å²) in [4.78, 5) is 15.9. The van der Waals surface area contributed by atoms with Crippen LogP contribution in [0.1, 0.15) is 17.4 Å². The lowest BCUT2D eigenvalue weighted by Crippen LogP contribution is -2.51. The van der Waals surface area contributed by atoms with Gasteiger partial charge in [-0.15, -0.1) is 0 Å². The van der Waals surface area contributed by atoms with Gasteiger partial charge in [-0.2, -0.15) is 4.74 Å². The maximum atomic E-state index is 14.4. The molecule has 8 heteroatoms. The maximum absolute atomic E-state index is 14.4. The Labute approximate surface area is 182 Å². The lowest BCUT2D eigenvalue weighted by Gasteiger charge is -2.29. The molecule has 1 amide bonds. The summed E-state index contributed by atoms with van der Waals surface area (Å²) in [6.45, 7) is 1.88. The summed E-state index contributed by atoms with van der Waals surface area (Å²) < 4.78 is 34.5. The highest BCUT2D eigenvalue weighted by molar-refractivity contribution is 6.02. The lowest BCUT2D eigenvalue weighted by molar-refractivity contribution is -0.518.